The summed E-state index contributed by atoms with van der Waals surface area (Å²) in [6.45, 7) is 0. The summed E-state index contributed by atoms with van der Waals surface area (Å²) in [5.74, 6) is 0.286. The third-order valence-corrected chi connectivity index (χ3v) is 6.89. The van der Waals surface area contributed by atoms with Crippen LogP contribution in [0.3, 0.4) is 0 Å². The van der Waals surface area contributed by atoms with Crippen LogP contribution in [0.25, 0.3) is 0 Å². The van der Waals surface area contributed by atoms with Crippen LogP contribution in [0.15, 0.2) is 21.2 Å². The zero-order valence-corrected chi connectivity index (χ0v) is 16.1. The molecule has 1 aliphatic carbocycles. The molecule has 0 amide bonds. The molecule has 1 aromatic heterocycles. The van der Waals surface area contributed by atoms with E-state index in [1.54, 1.807) is 6.20 Å². The van der Waals surface area contributed by atoms with Crippen molar-refractivity contribution in [1.82, 2.24) is 10.3 Å². The summed E-state index contributed by atoms with van der Waals surface area (Å²) < 4.78 is 25.5. The van der Waals surface area contributed by atoms with E-state index in [1.807, 2.05) is 13.1 Å². The molecule has 1 fully saturated rings. The molecule has 0 aromatic carbocycles. The molecule has 0 bridgehead atoms. The Morgan fingerprint density at radius 2 is 2.10 bits per heavy atom. The summed E-state index contributed by atoms with van der Waals surface area (Å²) in [6, 6.07) is 2.04. The molecule has 1 aliphatic rings. The molecule has 1 N–H and O–H groups in total. The van der Waals surface area contributed by atoms with Gasteiger partial charge in [-0.25, -0.2) is 8.42 Å². The van der Waals surface area contributed by atoms with Gasteiger partial charge in [-0.05, 0) is 70.2 Å². The van der Waals surface area contributed by atoms with Crippen LogP contribution in [-0.2, 0) is 9.84 Å². The number of nitrogens with one attached hydrogen (secondary N) is 1. The minimum atomic E-state index is -2.97. The molecule has 118 valence electrons. The van der Waals surface area contributed by atoms with Crippen LogP contribution in [0.5, 0.6) is 0 Å². The van der Waals surface area contributed by atoms with Crippen molar-refractivity contribution in [3.05, 3.63) is 26.9 Å². The van der Waals surface area contributed by atoms with Crippen molar-refractivity contribution in [3.63, 3.8) is 0 Å². The van der Waals surface area contributed by atoms with Gasteiger partial charge in [0.1, 0.15) is 9.84 Å². The first-order valence-corrected chi connectivity index (χ1v) is 10.5. The Kier molecular flexibility index (Phi) is 5.84. The van der Waals surface area contributed by atoms with Gasteiger partial charge in [-0.1, -0.05) is 6.42 Å². The van der Waals surface area contributed by atoms with Gasteiger partial charge in [-0.3, -0.25) is 4.98 Å². The predicted molar refractivity (Wildman–Crippen MR) is 92.0 cm³/mol. The fourth-order valence-corrected chi connectivity index (χ4v) is 5.55. The lowest BCUT2D eigenvalue weighted by molar-refractivity contribution is 0.278. The molecule has 4 nitrogen and oxygen atoms in total. The molecule has 7 heteroatoms. The average molecular weight is 440 g/mol. The van der Waals surface area contributed by atoms with Crippen LogP contribution >= 0.6 is 31.9 Å². The van der Waals surface area contributed by atoms with Crippen molar-refractivity contribution < 1.29 is 8.42 Å². The standard InChI is InChI=1S/C14H20Br2N2O2S/c1-17-13(14-12(16)7-10(15)8-18-14)9-4-3-5-11(6-9)21(2,19)20/h7-9,11,13,17H,3-6H2,1-2H3. The lowest BCUT2D eigenvalue weighted by atomic mass is 9.82. The van der Waals surface area contributed by atoms with Gasteiger partial charge in [0.25, 0.3) is 0 Å². The van der Waals surface area contributed by atoms with E-state index < -0.39 is 9.84 Å². The summed E-state index contributed by atoms with van der Waals surface area (Å²) >= 11 is 6.97. The van der Waals surface area contributed by atoms with E-state index in [9.17, 15) is 8.42 Å². The smallest absolute Gasteiger partial charge is 0.150 e. The Morgan fingerprint density at radius 1 is 1.38 bits per heavy atom. The Balaban J connectivity index is 2.24. The van der Waals surface area contributed by atoms with Crippen LogP contribution in [0, 0.1) is 5.92 Å². The first kappa shape index (κ1) is 17.4. The maximum atomic E-state index is 11.8. The molecular weight excluding hydrogens is 420 g/mol. The molecule has 0 spiro atoms. The van der Waals surface area contributed by atoms with Gasteiger partial charge < -0.3 is 5.32 Å². The van der Waals surface area contributed by atoms with Crippen LogP contribution in [-0.4, -0.2) is 32.0 Å². The molecule has 2 rings (SSSR count). The van der Waals surface area contributed by atoms with Crippen molar-refractivity contribution in [1.29, 1.82) is 0 Å². The zero-order chi connectivity index (χ0) is 15.6. The highest BCUT2D eigenvalue weighted by Crippen LogP contribution is 2.38. The van der Waals surface area contributed by atoms with Crippen molar-refractivity contribution in [2.75, 3.05) is 13.3 Å². The number of halogens is 2. The molecule has 1 heterocycles. The monoisotopic (exact) mass is 438 g/mol. The summed E-state index contributed by atoms with van der Waals surface area (Å²) in [5, 5.41) is 3.10. The lowest BCUT2D eigenvalue weighted by Gasteiger charge is -2.33. The van der Waals surface area contributed by atoms with Gasteiger partial charge in [0, 0.05) is 21.4 Å². The van der Waals surface area contributed by atoms with Gasteiger partial charge >= 0.3 is 0 Å². The lowest BCUT2D eigenvalue weighted by Crippen LogP contribution is -2.34. The fourth-order valence-electron chi connectivity index (χ4n) is 3.12. The quantitative estimate of drug-likeness (QED) is 0.780. The predicted octanol–water partition coefficient (Wildman–Crippen LogP) is 3.47. The van der Waals surface area contributed by atoms with E-state index in [4.69, 9.17) is 0 Å². The molecule has 1 aromatic rings. The highest BCUT2D eigenvalue weighted by Gasteiger charge is 2.34. The Bertz CT molecular complexity index is 607. The van der Waals surface area contributed by atoms with Gasteiger partial charge in [-0.2, -0.15) is 0 Å². The maximum Gasteiger partial charge on any atom is 0.150 e. The number of pyridine rings is 1. The molecule has 3 atom stereocenters. The van der Waals surface area contributed by atoms with E-state index in [0.717, 1.165) is 33.9 Å². The second-order valence-electron chi connectivity index (χ2n) is 5.67. The Hall–Kier alpha value is 0.0200. The first-order chi connectivity index (χ1) is 9.82. The van der Waals surface area contributed by atoms with Crippen molar-refractivity contribution in [2.45, 2.75) is 37.0 Å². The Morgan fingerprint density at radius 3 is 2.67 bits per heavy atom. The average Bonchev–Trinajstić information content (AvgIpc) is 2.41. The van der Waals surface area contributed by atoms with E-state index in [-0.39, 0.29) is 17.2 Å². The third kappa shape index (κ3) is 4.27. The molecule has 0 aliphatic heterocycles. The number of aromatic nitrogens is 1. The van der Waals surface area contributed by atoms with Crippen LogP contribution in [0.4, 0.5) is 0 Å². The molecule has 21 heavy (non-hydrogen) atoms. The van der Waals surface area contributed by atoms with E-state index in [2.05, 4.69) is 42.2 Å². The number of hydrogen-bond acceptors (Lipinski definition) is 4. The minimum Gasteiger partial charge on any atom is -0.311 e. The number of sulfone groups is 1. The zero-order valence-electron chi connectivity index (χ0n) is 12.1. The van der Waals surface area contributed by atoms with Crippen LogP contribution in [0.2, 0.25) is 0 Å². The topological polar surface area (TPSA) is 59.1 Å². The van der Waals surface area contributed by atoms with Crippen molar-refractivity contribution >= 4 is 41.7 Å². The van der Waals surface area contributed by atoms with E-state index in [1.165, 1.54) is 6.26 Å². The maximum absolute atomic E-state index is 11.8. The van der Waals surface area contributed by atoms with Gasteiger partial charge in [0.2, 0.25) is 0 Å². The molecular formula is C14H20Br2N2O2S. The van der Waals surface area contributed by atoms with Crippen molar-refractivity contribution in [2.24, 2.45) is 5.92 Å². The number of rotatable bonds is 4. The first-order valence-electron chi connectivity index (χ1n) is 7.00. The molecule has 3 unspecified atom stereocenters. The van der Waals surface area contributed by atoms with Crippen molar-refractivity contribution in [3.8, 4) is 0 Å². The summed E-state index contributed by atoms with van der Waals surface area (Å²) in [5.41, 5.74) is 0.944. The molecule has 1 saturated carbocycles. The second kappa shape index (κ2) is 7.06. The fraction of sp³-hybridized carbons (Fsp3) is 0.643. The summed E-state index contributed by atoms with van der Waals surface area (Å²) in [7, 11) is -1.06. The summed E-state index contributed by atoms with van der Waals surface area (Å²) in [6.07, 6.45) is 6.59. The normalized spacial score (nSPS) is 24.8. The van der Waals surface area contributed by atoms with Crippen LogP contribution < -0.4 is 5.32 Å². The van der Waals surface area contributed by atoms with Gasteiger partial charge in [0.15, 0.2) is 0 Å². The number of hydrogen-bond donors (Lipinski definition) is 1. The second-order valence-corrected chi connectivity index (χ2v) is 9.76. The Labute approximate surface area is 143 Å². The highest BCUT2D eigenvalue weighted by molar-refractivity contribution is 9.11. The third-order valence-electron chi connectivity index (χ3n) is 4.19. The number of nitrogens with zero attached hydrogens (tertiary/aromatic N) is 1. The molecule has 0 radical (unpaired) electrons. The summed E-state index contributed by atoms with van der Waals surface area (Å²) in [4.78, 5) is 4.51. The molecule has 0 saturated heterocycles. The van der Waals surface area contributed by atoms with Gasteiger partial charge in [0.05, 0.1) is 17.0 Å². The largest absolute Gasteiger partial charge is 0.311 e. The van der Waals surface area contributed by atoms with E-state index in [0.29, 0.717) is 6.42 Å². The van der Waals surface area contributed by atoms with E-state index >= 15 is 0 Å². The van der Waals surface area contributed by atoms with Gasteiger partial charge in [-0.15, -0.1) is 0 Å². The highest BCUT2D eigenvalue weighted by atomic mass is 79.9. The SMILES string of the molecule is CNC(c1ncc(Br)cc1Br)C1CCCC(S(C)(=O)=O)C1. The minimum absolute atomic E-state index is 0.0667. The van der Waals surface area contributed by atoms with Crippen LogP contribution in [0.1, 0.15) is 37.4 Å².